The molecule has 160 valence electrons. The van der Waals surface area contributed by atoms with Crippen LogP contribution in [0.1, 0.15) is 61.4 Å². The minimum Gasteiger partial charge on any atom is -0.339 e. The third-order valence-corrected chi connectivity index (χ3v) is 7.17. The highest BCUT2D eigenvalue weighted by molar-refractivity contribution is 7.90. The molecule has 2 aliphatic rings. The molecule has 1 aliphatic carbocycles. The van der Waals surface area contributed by atoms with Crippen LogP contribution in [0.3, 0.4) is 0 Å². The van der Waals surface area contributed by atoms with Gasteiger partial charge in [-0.05, 0) is 63.0 Å². The van der Waals surface area contributed by atoms with Gasteiger partial charge in [-0.3, -0.25) is 9.59 Å². The van der Waals surface area contributed by atoms with Crippen molar-refractivity contribution in [2.24, 2.45) is 5.92 Å². The molecule has 2 amide bonds. The predicted molar refractivity (Wildman–Crippen MR) is 113 cm³/mol. The number of sulfonamides is 1. The average molecular weight is 422 g/mol. The summed E-state index contributed by atoms with van der Waals surface area (Å²) in [7, 11) is -3.73. The summed E-state index contributed by atoms with van der Waals surface area (Å²) >= 11 is 0. The molecule has 2 fully saturated rings. The van der Waals surface area contributed by atoms with Crippen LogP contribution in [0.4, 0.5) is 5.69 Å². The molecule has 3 rings (SSSR count). The van der Waals surface area contributed by atoms with Gasteiger partial charge in [0.05, 0.1) is 11.3 Å². The van der Waals surface area contributed by atoms with Crippen molar-refractivity contribution >= 4 is 27.5 Å². The number of carbonyl (C=O) groups is 2. The number of rotatable bonds is 6. The Morgan fingerprint density at radius 3 is 2.41 bits per heavy atom. The molecule has 0 unspecified atom stereocenters. The summed E-state index contributed by atoms with van der Waals surface area (Å²) in [4.78, 5) is 27.1. The van der Waals surface area contributed by atoms with E-state index in [1.54, 1.807) is 17.0 Å². The van der Waals surface area contributed by atoms with Gasteiger partial charge in [0, 0.05) is 19.1 Å². The lowest BCUT2D eigenvalue weighted by molar-refractivity contribution is -0.113. The molecule has 0 bridgehead atoms. The first-order valence-corrected chi connectivity index (χ1v) is 12.1. The Kier molecular flexibility index (Phi) is 6.95. The van der Waals surface area contributed by atoms with Gasteiger partial charge in [-0.15, -0.1) is 0 Å². The van der Waals surface area contributed by atoms with Gasteiger partial charge in [0.25, 0.3) is 5.91 Å². The van der Waals surface area contributed by atoms with Crippen molar-refractivity contribution in [1.29, 1.82) is 0 Å². The topological polar surface area (TPSA) is 95.6 Å². The fourth-order valence-electron chi connectivity index (χ4n) is 4.17. The molecule has 0 atom stereocenters. The highest BCUT2D eigenvalue weighted by Gasteiger charge is 2.27. The van der Waals surface area contributed by atoms with Crippen molar-refractivity contribution in [3.05, 3.63) is 29.3 Å². The maximum Gasteiger partial charge on any atom is 0.256 e. The zero-order valence-electron chi connectivity index (χ0n) is 17.2. The number of hydrogen-bond acceptors (Lipinski definition) is 4. The fourth-order valence-corrected chi connectivity index (χ4v) is 5.41. The summed E-state index contributed by atoms with van der Waals surface area (Å²) in [5.41, 5.74) is 1.57. The van der Waals surface area contributed by atoms with Crippen LogP contribution >= 0.6 is 0 Å². The molecule has 7 nitrogen and oxygen atoms in total. The van der Waals surface area contributed by atoms with Gasteiger partial charge in [-0.25, -0.2) is 13.1 Å². The summed E-state index contributed by atoms with van der Waals surface area (Å²) in [5.74, 6) is -0.785. The van der Waals surface area contributed by atoms with E-state index in [4.69, 9.17) is 0 Å². The number of hydrogen-bond donors (Lipinski definition) is 2. The number of carbonyl (C=O) groups excluding carboxylic acids is 2. The number of anilines is 1. The highest BCUT2D eigenvalue weighted by atomic mass is 32.2. The quantitative estimate of drug-likeness (QED) is 0.738. The minimum atomic E-state index is -3.73. The molecule has 2 N–H and O–H groups in total. The molecule has 1 heterocycles. The fraction of sp³-hybridized carbons (Fsp3) is 0.619. The Morgan fingerprint density at radius 2 is 1.76 bits per heavy atom. The third-order valence-electron chi connectivity index (χ3n) is 5.84. The number of aryl methyl sites for hydroxylation is 1. The molecule has 0 aromatic heterocycles. The standard InChI is InChI=1S/C21H31N3O4S/c1-15-8-10-17(11-9-15)23-29(27,28)14-19(25)22-18-7-5-6-16(2)20(18)21(26)24-12-3-4-13-24/h5-7,15,17,23H,3-4,8-14H2,1-2H3,(H,22,25). The van der Waals surface area contributed by atoms with Gasteiger partial charge in [0.15, 0.2) is 0 Å². The van der Waals surface area contributed by atoms with Crippen molar-refractivity contribution in [2.45, 2.75) is 58.4 Å². The van der Waals surface area contributed by atoms with E-state index < -0.39 is 21.7 Å². The van der Waals surface area contributed by atoms with Crippen LogP contribution in [-0.2, 0) is 14.8 Å². The smallest absolute Gasteiger partial charge is 0.256 e. The van der Waals surface area contributed by atoms with Gasteiger partial charge in [-0.1, -0.05) is 19.1 Å². The number of likely N-dealkylation sites (tertiary alicyclic amines) is 1. The lowest BCUT2D eigenvalue weighted by Crippen LogP contribution is -2.41. The van der Waals surface area contributed by atoms with Crippen LogP contribution < -0.4 is 10.0 Å². The maximum absolute atomic E-state index is 12.9. The first-order valence-electron chi connectivity index (χ1n) is 10.4. The molecule has 1 saturated heterocycles. The van der Waals surface area contributed by atoms with Crippen molar-refractivity contribution in [1.82, 2.24) is 9.62 Å². The van der Waals surface area contributed by atoms with E-state index in [-0.39, 0.29) is 11.9 Å². The van der Waals surface area contributed by atoms with Gasteiger partial charge >= 0.3 is 0 Å². The maximum atomic E-state index is 12.9. The molecule has 8 heteroatoms. The van der Waals surface area contributed by atoms with E-state index in [2.05, 4.69) is 17.0 Å². The Bertz CT molecular complexity index is 855. The molecular weight excluding hydrogens is 390 g/mol. The Balaban J connectivity index is 1.66. The van der Waals surface area contributed by atoms with Crippen LogP contribution in [0.15, 0.2) is 18.2 Å². The summed E-state index contributed by atoms with van der Waals surface area (Å²) in [6.07, 6.45) is 5.53. The van der Waals surface area contributed by atoms with Gasteiger partial charge < -0.3 is 10.2 Å². The Labute approximate surface area is 173 Å². The first-order chi connectivity index (χ1) is 13.7. The number of benzene rings is 1. The molecule has 1 aliphatic heterocycles. The van der Waals surface area contributed by atoms with E-state index in [1.807, 2.05) is 13.0 Å². The summed E-state index contributed by atoms with van der Waals surface area (Å²) in [6, 6.07) is 5.12. The number of nitrogens with zero attached hydrogens (tertiary/aromatic N) is 1. The molecule has 1 aromatic carbocycles. The Hall–Kier alpha value is -1.93. The summed E-state index contributed by atoms with van der Waals surface area (Å²) < 4.78 is 27.5. The summed E-state index contributed by atoms with van der Waals surface area (Å²) in [5, 5.41) is 2.65. The SMILES string of the molecule is Cc1cccc(NC(=O)CS(=O)(=O)NC2CCC(C)CC2)c1C(=O)N1CCCC1. The molecule has 29 heavy (non-hydrogen) atoms. The average Bonchev–Trinajstić information content (AvgIpc) is 3.17. The van der Waals surface area contributed by atoms with Crippen LogP contribution in [0.2, 0.25) is 0 Å². The largest absolute Gasteiger partial charge is 0.339 e. The predicted octanol–water partition coefficient (Wildman–Crippen LogP) is 2.67. The zero-order valence-corrected chi connectivity index (χ0v) is 18.1. The molecular formula is C21H31N3O4S. The van der Waals surface area contributed by atoms with Crippen molar-refractivity contribution in [3.63, 3.8) is 0 Å². The number of amides is 2. The first kappa shape index (κ1) is 21.8. The van der Waals surface area contributed by atoms with Crippen LogP contribution in [0, 0.1) is 12.8 Å². The van der Waals surface area contributed by atoms with Gasteiger partial charge in [-0.2, -0.15) is 0 Å². The highest BCUT2D eigenvalue weighted by Crippen LogP contribution is 2.25. The molecule has 0 radical (unpaired) electrons. The van der Waals surface area contributed by atoms with E-state index in [1.165, 1.54) is 0 Å². The molecule has 1 saturated carbocycles. The van der Waals surface area contributed by atoms with Crippen molar-refractivity contribution in [2.75, 3.05) is 24.2 Å². The van der Waals surface area contributed by atoms with E-state index in [9.17, 15) is 18.0 Å². The number of nitrogens with one attached hydrogen (secondary N) is 2. The Morgan fingerprint density at radius 1 is 1.10 bits per heavy atom. The van der Waals surface area contributed by atoms with E-state index >= 15 is 0 Å². The molecule has 0 spiro atoms. The van der Waals surface area contributed by atoms with Gasteiger partial charge in [0.2, 0.25) is 15.9 Å². The van der Waals surface area contributed by atoms with Crippen molar-refractivity contribution in [3.8, 4) is 0 Å². The second-order valence-electron chi connectivity index (χ2n) is 8.38. The summed E-state index contributed by atoms with van der Waals surface area (Å²) in [6.45, 7) is 5.40. The third kappa shape index (κ3) is 5.79. The monoisotopic (exact) mass is 421 g/mol. The zero-order chi connectivity index (χ0) is 21.0. The van der Waals surface area contributed by atoms with E-state index in [0.717, 1.165) is 44.1 Å². The van der Waals surface area contributed by atoms with E-state index in [0.29, 0.717) is 30.3 Å². The van der Waals surface area contributed by atoms with Crippen LogP contribution in [0.5, 0.6) is 0 Å². The van der Waals surface area contributed by atoms with Crippen molar-refractivity contribution < 1.29 is 18.0 Å². The minimum absolute atomic E-state index is 0.102. The second kappa shape index (κ2) is 9.26. The normalized spacial score (nSPS) is 22.5. The van der Waals surface area contributed by atoms with Gasteiger partial charge in [0.1, 0.15) is 5.75 Å². The second-order valence-corrected chi connectivity index (χ2v) is 10.1. The lowest BCUT2D eigenvalue weighted by atomic mass is 9.88. The molecule has 1 aromatic rings. The van der Waals surface area contributed by atoms with Crippen LogP contribution in [0.25, 0.3) is 0 Å². The lowest BCUT2D eigenvalue weighted by Gasteiger charge is -2.26. The van der Waals surface area contributed by atoms with Crippen LogP contribution in [-0.4, -0.2) is 50.0 Å².